The fraction of sp³-hybridized carbons (Fsp3) is 0.500. The Morgan fingerprint density at radius 2 is 2.22 bits per heavy atom. The van der Waals surface area contributed by atoms with E-state index in [0.717, 1.165) is 10.5 Å². The Labute approximate surface area is 130 Å². The molecule has 1 atom stereocenters. The van der Waals surface area contributed by atoms with Crippen LogP contribution in [0.2, 0.25) is 0 Å². The molecule has 23 heavy (non-hydrogen) atoms. The lowest BCUT2D eigenvalue weighted by atomic mass is 10.2. The summed E-state index contributed by atoms with van der Waals surface area (Å²) >= 11 is 0. The van der Waals surface area contributed by atoms with E-state index in [2.05, 4.69) is 15.0 Å². The molecule has 0 spiro atoms. The molecule has 0 aliphatic carbocycles. The molecule has 1 saturated heterocycles. The van der Waals surface area contributed by atoms with Gasteiger partial charge < -0.3 is 10.1 Å². The Morgan fingerprint density at radius 1 is 1.48 bits per heavy atom. The molecule has 1 N–H and O–H groups in total. The summed E-state index contributed by atoms with van der Waals surface area (Å²) in [6, 6.07) is 2.60. The number of nitrogens with zero attached hydrogens (tertiary/aromatic N) is 2. The monoisotopic (exact) mass is 331 g/mol. The number of carbonyl (C=O) groups excluding carboxylic acids is 2. The molecule has 6 nitrogen and oxygen atoms in total. The Bertz CT molecular complexity index is 592. The quantitative estimate of drug-likeness (QED) is 0.924. The second-order valence-corrected chi connectivity index (χ2v) is 5.18. The van der Waals surface area contributed by atoms with Crippen LogP contribution >= 0.6 is 0 Å². The number of amides is 2. The first kappa shape index (κ1) is 17.0. The zero-order valence-electron chi connectivity index (χ0n) is 12.4. The van der Waals surface area contributed by atoms with Crippen molar-refractivity contribution in [3.63, 3.8) is 0 Å². The lowest BCUT2D eigenvalue weighted by Gasteiger charge is -2.23. The molecule has 0 aromatic carbocycles. The Hall–Kier alpha value is -2.32. The van der Waals surface area contributed by atoms with Crippen LogP contribution in [0.4, 0.5) is 23.8 Å². The maximum Gasteiger partial charge on any atom is 0.422 e. The molecule has 1 aromatic heterocycles. The summed E-state index contributed by atoms with van der Waals surface area (Å²) in [5.41, 5.74) is 0.741. The first-order valence-corrected chi connectivity index (χ1v) is 7.00. The first-order chi connectivity index (χ1) is 10.8. The molecule has 1 aliphatic heterocycles. The highest BCUT2D eigenvalue weighted by atomic mass is 19.4. The molecule has 1 unspecified atom stereocenters. The molecule has 0 saturated carbocycles. The third-order valence-electron chi connectivity index (χ3n) is 3.40. The van der Waals surface area contributed by atoms with Gasteiger partial charge in [-0.2, -0.15) is 13.2 Å². The normalized spacial score (nSPS) is 17.9. The van der Waals surface area contributed by atoms with Gasteiger partial charge in [-0.3, -0.25) is 9.69 Å². The van der Waals surface area contributed by atoms with Gasteiger partial charge in [-0.1, -0.05) is 6.07 Å². The number of pyridine rings is 1. The van der Waals surface area contributed by atoms with Crippen molar-refractivity contribution in [2.45, 2.75) is 32.0 Å². The minimum absolute atomic E-state index is 0.177. The predicted molar refractivity (Wildman–Crippen MR) is 74.7 cm³/mol. The fourth-order valence-electron chi connectivity index (χ4n) is 2.30. The second kappa shape index (κ2) is 6.84. The van der Waals surface area contributed by atoms with Gasteiger partial charge in [0.2, 0.25) is 5.91 Å². The lowest BCUT2D eigenvalue weighted by Crippen LogP contribution is -2.44. The van der Waals surface area contributed by atoms with Gasteiger partial charge in [-0.15, -0.1) is 0 Å². The molecule has 1 fully saturated rings. The largest absolute Gasteiger partial charge is 0.440 e. The number of aryl methyl sites for hydroxylation is 1. The van der Waals surface area contributed by atoms with Gasteiger partial charge in [0.15, 0.2) is 6.61 Å². The molecule has 1 aliphatic rings. The zero-order chi connectivity index (χ0) is 17.0. The van der Waals surface area contributed by atoms with Crippen molar-refractivity contribution in [3.8, 4) is 0 Å². The lowest BCUT2D eigenvalue weighted by molar-refractivity contribution is -0.162. The van der Waals surface area contributed by atoms with Crippen molar-refractivity contribution in [3.05, 3.63) is 23.9 Å². The first-order valence-electron chi connectivity index (χ1n) is 7.00. The number of nitrogens with one attached hydrogen (secondary N) is 1. The molecule has 2 heterocycles. The molecule has 2 amide bonds. The van der Waals surface area contributed by atoms with E-state index in [1.165, 1.54) is 6.20 Å². The van der Waals surface area contributed by atoms with Gasteiger partial charge in [-0.25, -0.2) is 9.78 Å². The van der Waals surface area contributed by atoms with Gasteiger partial charge in [0.1, 0.15) is 11.9 Å². The smallest absolute Gasteiger partial charge is 0.422 e. The van der Waals surface area contributed by atoms with Crippen LogP contribution in [0.1, 0.15) is 18.4 Å². The number of halogens is 3. The number of hydrogen-bond acceptors (Lipinski definition) is 4. The number of alkyl halides is 3. The van der Waals surface area contributed by atoms with E-state index < -0.39 is 30.8 Å². The summed E-state index contributed by atoms with van der Waals surface area (Å²) in [5.74, 6) is -0.138. The average molecular weight is 331 g/mol. The van der Waals surface area contributed by atoms with E-state index >= 15 is 0 Å². The number of ether oxygens (including phenoxy) is 1. The summed E-state index contributed by atoms with van der Waals surface area (Å²) in [5, 5.41) is 2.59. The number of likely N-dealkylation sites (tertiary alicyclic amines) is 1. The molecule has 2 rings (SSSR count). The van der Waals surface area contributed by atoms with Gasteiger partial charge in [0.05, 0.1) is 0 Å². The fourth-order valence-corrected chi connectivity index (χ4v) is 2.30. The van der Waals surface area contributed by atoms with Crippen molar-refractivity contribution in [1.29, 1.82) is 0 Å². The maximum atomic E-state index is 12.3. The van der Waals surface area contributed by atoms with Crippen LogP contribution in [-0.2, 0) is 9.53 Å². The highest BCUT2D eigenvalue weighted by Crippen LogP contribution is 2.22. The van der Waals surface area contributed by atoms with Gasteiger partial charge in [0.25, 0.3) is 0 Å². The van der Waals surface area contributed by atoms with E-state index in [-0.39, 0.29) is 6.54 Å². The van der Waals surface area contributed by atoms with Crippen LogP contribution in [0.25, 0.3) is 0 Å². The van der Waals surface area contributed by atoms with Crippen molar-refractivity contribution in [2.75, 3.05) is 18.5 Å². The minimum atomic E-state index is -4.60. The standard InChI is InChI=1S/C14H16F3N3O3/c1-9-4-2-6-18-11(9)19-12(21)10-5-3-7-20(10)13(22)23-8-14(15,16)17/h2,4,6,10H,3,5,7-8H2,1H3,(H,18,19,21). The molecular weight excluding hydrogens is 315 g/mol. The van der Waals surface area contributed by atoms with E-state index in [9.17, 15) is 22.8 Å². The van der Waals surface area contributed by atoms with Crippen molar-refractivity contribution in [2.24, 2.45) is 0 Å². The molecule has 9 heteroatoms. The van der Waals surface area contributed by atoms with Crippen LogP contribution in [0.15, 0.2) is 18.3 Å². The molecule has 126 valence electrons. The van der Waals surface area contributed by atoms with E-state index in [1.807, 2.05) is 0 Å². The number of rotatable bonds is 3. The second-order valence-electron chi connectivity index (χ2n) is 5.18. The van der Waals surface area contributed by atoms with Crippen LogP contribution < -0.4 is 5.32 Å². The summed E-state index contributed by atoms with van der Waals surface area (Å²) in [4.78, 5) is 29.0. The Kier molecular flexibility index (Phi) is 5.07. The van der Waals surface area contributed by atoms with Gasteiger partial charge in [0, 0.05) is 12.7 Å². The van der Waals surface area contributed by atoms with Crippen LogP contribution in [0.5, 0.6) is 0 Å². The summed E-state index contributed by atoms with van der Waals surface area (Å²) in [7, 11) is 0. The zero-order valence-corrected chi connectivity index (χ0v) is 12.4. The summed E-state index contributed by atoms with van der Waals surface area (Å²) in [6.07, 6.45) is -3.36. The molecule has 0 radical (unpaired) electrons. The van der Waals surface area contributed by atoms with Gasteiger partial charge in [-0.05, 0) is 31.4 Å². The molecular formula is C14H16F3N3O3. The van der Waals surface area contributed by atoms with Crippen LogP contribution in [0.3, 0.4) is 0 Å². The van der Waals surface area contributed by atoms with E-state index in [0.29, 0.717) is 18.7 Å². The number of anilines is 1. The summed E-state index contributed by atoms with van der Waals surface area (Å²) in [6.45, 7) is 0.263. The number of carbonyl (C=O) groups is 2. The van der Waals surface area contributed by atoms with Gasteiger partial charge >= 0.3 is 12.3 Å². The van der Waals surface area contributed by atoms with Crippen molar-refractivity contribution >= 4 is 17.8 Å². The van der Waals surface area contributed by atoms with Crippen LogP contribution in [-0.4, -0.2) is 47.3 Å². The average Bonchev–Trinajstić information content (AvgIpc) is 2.96. The highest BCUT2D eigenvalue weighted by molar-refractivity contribution is 5.96. The highest BCUT2D eigenvalue weighted by Gasteiger charge is 2.37. The van der Waals surface area contributed by atoms with Crippen LogP contribution in [0, 0.1) is 6.92 Å². The Morgan fingerprint density at radius 3 is 2.87 bits per heavy atom. The van der Waals surface area contributed by atoms with Crippen molar-refractivity contribution in [1.82, 2.24) is 9.88 Å². The molecule has 1 aromatic rings. The number of hydrogen-bond donors (Lipinski definition) is 1. The third kappa shape index (κ3) is 4.57. The van der Waals surface area contributed by atoms with Crippen molar-refractivity contribution < 1.29 is 27.5 Å². The Balaban J connectivity index is 1.99. The van der Waals surface area contributed by atoms with E-state index in [4.69, 9.17) is 0 Å². The minimum Gasteiger partial charge on any atom is -0.440 e. The SMILES string of the molecule is Cc1cccnc1NC(=O)C1CCCN1C(=O)OCC(F)(F)F. The predicted octanol–water partition coefficient (Wildman–Crippen LogP) is 2.49. The summed E-state index contributed by atoms with van der Waals surface area (Å²) < 4.78 is 40.5. The van der Waals surface area contributed by atoms with E-state index in [1.54, 1.807) is 19.1 Å². The third-order valence-corrected chi connectivity index (χ3v) is 3.40. The molecule has 0 bridgehead atoms. The number of aromatic nitrogens is 1. The topological polar surface area (TPSA) is 71.5 Å². The maximum absolute atomic E-state index is 12.3.